The number of amides is 1. The number of benzene rings is 2. The highest BCUT2D eigenvalue weighted by molar-refractivity contribution is 6.46. The summed E-state index contributed by atoms with van der Waals surface area (Å²) in [6.45, 7) is 10.7. The van der Waals surface area contributed by atoms with Crippen LogP contribution in [0.15, 0.2) is 48.0 Å². The maximum atomic E-state index is 13.1. The number of rotatable bonds is 8. The molecule has 1 saturated heterocycles. The molecule has 1 fully saturated rings. The third-order valence-electron chi connectivity index (χ3n) is 5.59. The molecule has 6 heteroatoms. The molecule has 2 aromatic carbocycles. The third-order valence-corrected chi connectivity index (χ3v) is 5.59. The van der Waals surface area contributed by atoms with E-state index in [0.717, 1.165) is 11.1 Å². The van der Waals surface area contributed by atoms with Crippen molar-refractivity contribution in [2.75, 3.05) is 19.8 Å². The Kier molecular flexibility index (Phi) is 7.36. The first-order valence-electron chi connectivity index (χ1n) is 10.9. The van der Waals surface area contributed by atoms with Gasteiger partial charge in [0, 0.05) is 12.1 Å². The summed E-state index contributed by atoms with van der Waals surface area (Å²) in [5.74, 6) is -0.877. The van der Waals surface area contributed by atoms with E-state index < -0.39 is 17.7 Å². The second-order valence-electron chi connectivity index (χ2n) is 8.22. The molecule has 0 aromatic heterocycles. The van der Waals surface area contributed by atoms with Crippen LogP contribution in [0.2, 0.25) is 0 Å². The van der Waals surface area contributed by atoms with Crippen LogP contribution in [-0.2, 0) is 14.3 Å². The maximum Gasteiger partial charge on any atom is 0.295 e. The number of aliphatic hydroxyl groups excluding tert-OH is 1. The van der Waals surface area contributed by atoms with E-state index in [2.05, 4.69) is 0 Å². The highest BCUT2D eigenvalue weighted by atomic mass is 16.5. The van der Waals surface area contributed by atoms with Gasteiger partial charge in [-0.05, 0) is 69.5 Å². The topological polar surface area (TPSA) is 76.1 Å². The van der Waals surface area contributed by atoms with E-state index in [4.69, 9.17) is 9.47 Å². The molecule has 0 bridgehead atoms. The Morgan fingerprint density at radius 1 is 1.09 bits per heavy atom. The number of nitrogens with zero attached hydrogens (tertiary/aromatic N) is 1. The van der Waals surface area contributed by atoms with Gasteiger partial charge in [0.05, 0.1) is 30.9 Å². The zero-order valence-electron chi connectivity index (χ0n) is 19.3. The zero-order chi connectivity index (χ0) is 23.4. The second-order valence-corrected chi connectivity index (χ2v) is 8.22. The van der Waals surface area contributed by atoms with E-state index in [1.807, 2.05) is 71.0 Å². The van der Waals surface area contributed by atoms with E-state index in [1.54, 1.807) is 6.07 Å². The number of Topliss-reactive ketones (excluding diaryl/α,β-unsaturated/α-hetero) is 1. The van der Waals surface area contributed by atoms with Crippen molar-refractivity contribution in [3.63, 3.8) is 0 Å². The summed E-state index contributed by atoms with van der Waals surface area (Å²) in [7, 11) is 0. The fraction of sp³-hybridized carbons (Fsp3) is 0.385. The lowest BCUT2D eigenvalue weighted by molar-refractivity contribution is -0.140. The van der Waals surface area contributed by atoms with Crippen molar-refractivity contribution in [1.29, 1.82) is 0 Å². The molecule has 1 N–H and O–H groups in total. The number of likely N-dealkylation sites (tertiary alicyclic amines) is 1. The van der Waals surface area contributed by atoms with Gasteiger partial charge in [-0.2, -0.15) is 0 Å². The number of aryl methyl sites for hydroxylation is 2. The fourth-order valence-corrected chi connectivity index (χ4v) is 3.83. The number of ether oxygens (including phenoxy) is 2. The Hall–Kier alpha value is -3.12. The molecular weight excluding hydrogens is 406 g/mol. The summed E-state index contributed by atoms with van der Waals surface area (Å²) < 4.78 is 11.3. The van der Waals surface area contributed by atoms with Crippen LogP contribution in [0.25, 0.3) is 5.76 Å². The summed E-state index contributed by atoms with van der Waals surface area (Å²) in [6.07, 6.45) is 0.00193. The SMILES string of the molecule is CCOc1cccc(C2/C(=C(/O)c3ccc(C)c(C)c3)C(=O)C(=O)N2CCOC(C)C)c1. The van der Waals surface area contributed by atoms with Crippen molar-refractivity contribution >= 4 is 17.4 Å². The number of aliphatic hydroxyl groups is 1. The lowest BCUT2D eigenvalue weighted by Crippen LogP contribution is -2.33. The first-order valence-corrected chi connectivity index (χ1v) is 10.9. The minimum absolute atomic E-state index is 0.00193. The van der Waals surface area contributed by atoms with Gasteiger partial charge in [-0.1, -0.05) is 24.3 Å². The minimum Gasteiger partial charge on any atom is -0.507 e. The van der Waals surface area contributed by atoms with Crippen LogP contribution in [-0.4, -0.2) is 47.6 Å². The van der Waals surface area contributed by atoms with Crippen molar-refractivity contribution in [1.82, 2.24) is 4.90 Å². The molecule has 32 heavy (non-hydrogen) atoms. The van der Waals surface area contributed by atoms with Crippen LogP contribution in [0.3, 0.4) is 0 Å². The highest BCUT2D eigenvalue weighted by Gasteiger charge is 2.46. The first kappa shape index (κ1) is 23.5. The van der Waals surface area contributed by atoms with Crippen LogP contribution in [0, 0.1) is 13.8 Å². The van der Waals surface area contributed by atoms with Gasteiger partial charge < -0.3 is 19.5 Å². The molecule has 0 spiro atoms. The van der Waals surface area contributed by atoms with Crippen molar-refractivity contribution < 1.29 is 24.2 Å². The van der Waals surface area contributed by atoms with Gasteiger partial charge in [-0.3, -0.25) is 9.59 Å². The lowest BCUT2D eigenvalue weighted by atomic mass is 9.94. The quantitative estimate of drug-likeness (QED) is 0.373. The van der Waals surface area contributed by atoms with Crippen LogP contribution < -0.4 is 4.74 Å². The van der Waals surface area contributed by atoms with Crippen LogP contribution >= 0.6 is 0 Å². The van der Waals surface area contributed by atoms with E-state index in [1.165, 1.54) is 4.90 Å². The normalized spacial score (nSPS) is 17.9. The Morgan fingerprint density at radius 3 is 2.50 bits per heavy atom. The number of carbonyl (C=O) groups excluding carboxylic acids is 2. The molecule has 1 heterocycles. The Balaban J connectivity index is 2.12. The van der Waals surface area contributed by atoms with E-state index in [9.17, 15) is 14.7 Å². The van der Waals surface area contributed by atoms with E-state index in [0.29, 0.717) is 23.5 Å². The molecule has 0 aliphatic carbocycles. The fourth-order valence-electron chi connectivity index (χ4n) is 3.83. The minimum atomic E-state index is -0.729. The summed E-state index contributed by atoms with van der Waals surface area (Å²) in [5.41, 5.74) is 3.36. The molecule has 3 rings (SSSR count). The summed E-state index contributed by atoms with van der Waals surface area (Å²) in [5, 5.41) is 11.2. The predicted octanol–water partition coefficient (Wildman–Crippen LogP) is 4.55. The van der Waals surface area contributed by atoms with Gasteiger partial charge >= 0.3 is 0 Å². The molecular formula is C26H31NO5. The predicted molar refractivity (Wildman–Crippen MR) is 124 cm³/mol. The van der Waals surface area contributed by atoms with Crippen LogP contribution in [0.4, 0.5) is 0 Å². The van der Waals surface area contributed by atoms with Gasteiger partial charge in [0.2, 0.25) is 0 Å². The molecule has 1 amide bonds. The highest BCUT2D eigenvalue weighted by Crippen LogP contribution is 2.40. The molecule has 1 unspecified atom stereocenters. The molecule has 170 valence electrons. The van der Waals surface area contributed by atoms with Gasteiger partial charge in [-0.15, -0.1) is 0 Å². The molecule has 0 radical (unpaired) electrons. The Labute approximate surface area is 189 Å². The van der Waals surface area contributed by atoms with Crippen molar-refractivity contribution in [2.45, 2.75) is 46.8 Å². The summed E-state index contributed by atoms with van der Waals surface area (Å²) >= 11 is 0. The maximum absolute atomic E-state index is 13.1. The molecule has 0 saturated carbocycles. The van der Waals surface area contributed by atoms with Gasteiger partial charge in [0.1, 0.15) is 11.5 Å². The zero-order valence-corrected chi connectivity index (χ0v) is 19.3. The number of hydrogen-bond donors (Lipinski definition) is 1. The summed E-state index contributed by atoms with van der Waals surface area (Å²) in [4.78, 5) is 27.6. The molecule has 1 aliphatic heterocycles. The molecule has 6 nitrogen and oxygen atoms in total. The van der Waals surface area contributed by atoms with Crippen molar-refractivity contribution in [3.8, 4) is 5.75 Å². The third kappa shape index (κ3) is 4.86. The van der Waals surface area contributed by atoms with Gasteiger partial charge in [0.25, 0.3) is 11.7 Å². The first-order chi connectivity index (χ1) is 15.2. The van der Waals surface area contributed by atoms with Crippen LogP contribution in [0.5, 0.6) is 5.75 Å². The van der Waals surface area contributed by atoms with Crippen LogP contribution in [0.1, 0.15) is 49.1 Å². The number of carbonyl (C=O) groups is 2. The Bertz CT molecular complexity index is 1040. The monoisotopic (exact) mass is 437 g/mol. The smallest absolute Gasteiger partial charge is 0.295 e. The molecule has 2 aromatic rings. The number of ketones is 1. The summed E-state index contributed by atoms with van der Waals surface area (Å²) in [6, 6.07) is 12.0. The second kappa shape index (κ2) is 10.0. The number of hydrogen-bond acceptors (Lipinski definition) is 5. The Morgan fingerprint density at radius 2 is 1.84 bits per heavy atom. The largest absolute Gasteiger partial charge is 0.507 e. The van der Waals surface area contributed by atoms with Crippen molar-refractivity contribution in [2.24, 2.45) is 0 Å². The van der Waals surface area contributed by atoms with Gasteiger partial charge in [-0.25, -0.2) is 0 Å². The lowest BCUT2D eigenvalue weighted by Gasteiger charge is -2.26. The average molecular weight is 438 g/mol. The van der Waals surface area contributed by atoms with E-state index in [-0.39, 0.29) is 30.6 Å². The van der Waals surface area contributed by atoms with Gasteiger partial charge in [0.15, 0.2) is 0 Å². The average Bonchev–Trinajstić information content (AvgIpc) is 3.00. The molecule has 1 atom stereocenters. The molecule has 1 aliphatic rings. The van der Waals surface area contributed by atoms with Crippen molar-refractivity contribution in [3.05, 3.63) is 70.3 Å². The van der Waals surface area contributed by atoms with E-state index >= 15 is 0 Å². The standard InChI is InChI=1S/C26H31NO5/c1-6-31-21-9-7-8-19(15-21)23-22(24(28)20-11-10-17(4)18(5)14-20)25(29)26(30)27(23)12-13-32-16(2)3/h7-11,14-16,23,28H,6,12-13H2,1-5H3/b24-22-.